The van der Waals surface area contributed by atoms with E-state index < -0.39 is 18.1 Å². The highest BCUT2D eigenvalue weighted by Crippen LogP contribution is 2.39. The first-order valence-electron chi connectivity index (χ1n) is 7.44. The van der Waals surface area contributed by atoms with E-state index in [0.717, 1.165) is 28.5 Å². The molecule has 7 heteroatoms. The number of amides is 1. The van der Waals surface area contributed by atoms with Gasteiger partial charge in [0.05, 0.1) is 0 Å². The number of aliphatic hydroxyl groups is 2. The van der Waals surface area contributed by atoms with Gasteiger partial charge >= 0.3 is 0 Å². The van der Waals surface area contributed by atoms with Gasteiger partial charge in [-0.25, -0.2) is 4.98 Å². The zero-order valence-electron chi connectivity index (χ0n) is 13.2. The van der Waals surface area contributed by atoms with Crippen LogP contribution in [0.2, 0.25) is 0 Å². The molecule has 128 valence electrons. The van der Waals surface area contributed by atoms with Crippen molar-refractivity contribution in [1.29, 1.82) is 0 Å². The van der Waals surface area contributed by atoms with Gasteiger partial charge in [-0.3, -0.25) is 4.79 Å². The van der Waals surface area contributed by atoms with Crippen molar-refractivity contribution in [2.75, 3.05) is 5.32 Å². The van der Waals surface area contributed by atoms with Crippen molar-refractivity contribution in [3.63, 3.8) is 0 Å². The molecule has 0 unspecified atom stereocenters. The summed E-state index contributed by atoms with van der Waals surface area (Å²) in [6.45, 7) is 1.96. The summed E-state index contributed by atoms with van der Waals surface area (Å²) < 4.78 is 13.2. The molecule has 1 amide bonds. The molecule has 0 bridgehead atoms. The van der Waals surface area contributed by atoms with Gasteiger partial charge in [0, 0.05) is 16.5 Å². The molecule has 2 heterocycles. The van der Waals surface area contributed by atoms with E-state index in [2.05, 4.69) is 10.3 Å². The predicted molar refractivity (Wildman–Crippen MR) is 93.8 cm³/mol. The Morgan fingerprint density at radius 2 is 1.92 bits per heavy atom. The van der Waals surface area contributed by atoms with Crippen LogP contribution in [0.3, 0.4) is 0 Å². The van der Waals surface area contributed by atoms with Gasteiger partial charge in [-0.05, 0) is 24.6 Å². The van der Waals surface area contributed by atoms with Crippen LogP contribution in [-0.2, 0) is 0 Å². The van der Waals surface area contributed by atoms with E-state index in [-0.39, 0.29) is 16.3 Å². The third-order valence-electron chi connectivity index (χ3n) is 3.63. The number of carbonyl (C=O) groups is 1. The van der Waals surface area contributed by atoms with E-state index in [1.807, 2.05) is 31.2 Å². The van der Waals surface area contributed by atoms with Crippen molar-refractivity contribution in [1.82, 2.24) is 4.98 Å². The van der Waals surface area contributed by atoms with Crippen LogP contribution in [0.1, 0.15) is 27.9 Å². The minimum absolute atomic E-state index is 0.0938. The van der Waals surface area contributed by atoms with Crippen LogP contribution < -0.4 is 5.32 Å². The molecule has 0 aliphatic carbocycles. The quantitative estimate of drug-likeness (QED) is 0.492. The fourth-order valence-electron chi connectivity index (χ4n) is 2.38. The van der Waals surface area contributed by atoms with Crippen molar-refractivity contribution in [2.45, 2.75) is 13.2 Å². The largest absolute Gasteiger partial charge is 0.364 e. The average Bonchev–Trinajstić information content (AvgIpc) is 2.99. The lowest BCUT2D eigenvalue weighted by Gasteiger charge is -2.11. The van der Waals surface area contributed by atoms with Crippen LogP contribution >= 0.6 is 11.3 Å². The highest BCUT2D eigenvalue weighted by molar-refractivity contribution is 7.15. The fourth-order valence-corrected chi connectivity index (χ4v) is 3.37. The van der Waals surface area contributed by atoms with E-state index in [1.54, 1.807) is 5.38 Å². The zero-order valence-corrected chi connectivity index (χ0v) is 14.0. The normalized spacial score (nSPS) is 10.9. The average molecular weight is 358 g/mol. The molecule has 3 rings (SSSR count). The Labute approximate surface area is 147 Å². The van der Waals surface area contributed by atoms with Crippen LogP contribution in [0.25, 0.3) is 11.1 Å². The number of hydrogen-bond donors (Lipinski definition) is 3. The standard InChI is InChI=1S/C18H15FN2O3S/c1-10-5-7-11(8-6-10)12-9-25-17(15(12)18(23)24)21-16(22)13-3-2-4-14(19)20-13/h2-9,18,23-24H,1H3,(H,21,22). The van der Waals surface area contributed by atoms with Crippen molar-refractivity contribution in [2.24, 2.45) is 0 Å². The first-order chi connectivity index (χ1) is 12.0. The van der Waals surface area contributed by atoms with Gasteiger partial charge in [0.1, 0.15) is 10.7 Å². The molecule has 0 aliphatic rings. The maximum absolute atomic E-state index is 13.2. The molecule has 1 aromatic carbocycles. The number of aliphatic hydroxyl groups excluding tert-OH is 1. The number of aromatic nitrogens is 1. The second-order valence-electron chi connectivity index (χ2n) is 5.43. The summed E-state index contributed by atoms with van der Waals surface area (Å²) >= 11 is 1.16. The molecular weight excluding hydrogens is 343 g/mol. The van der Waals surface area contributed by atoms with Gasteiger partial charge in [0.25, 0.3) is 5.91 Å². The molecule has 0 fully saturated rings. The maximum Gasteiger partial charge on any atom is 0.274 e. The second-order valence-corrected chi connectivity index (χ2v) is 6.31. The number of nitrogens with zero attached hydrogens (tertiary/aromatic N) is 1. The number of halogens is 1. The molecule has 0 saturated carbocycles. The predicted octanol–water partition coefficient (Wildman–Crippen LogP) is 3.49. The minimum atomic E-state index is -1.77. The molecule has 3 aromatic rings. The first-order valence-corrected chi connectivity index (χ1v) is 8.32. The number of rotatable bonds is 4. The molecule has 0 atom stereocenters. The van der Waals surface area contributed by atoms with Crippen LogP contribution in [0.4, 0.5) is 9.39 Å². The van der Waals surface area contributed by atoms with E-state index >= 15 is 0 Å². The Morgan fingerprint density at radius 1 is 1.20 bits per heavy atom. The monoisotopic (exact) mass is 358 g/mol. The Hall–Kier alpha value is -2.61. The van der Waals surface area contributed by atoms with Crippen molar-refractivity contribution < 1.29 is 19.4 Å². The smallest absolute Gasteiger partial charge is 0.274 e. The molecule has 0 saturated heterocycles. The van der Waals surface area contributed by atoms with Crippen LogP contribution in [0, 0.1) is 12.9 Å². The molecule has 0 aliphatic heterocycles. The number of hydrogen-bond acceptors (Lipinski definition) is 5. The van der Waals surface area contributed by atoms with E-state index in [0.29, 0.717) is 5.56 Å². The van der Waals surface area contributed by atoms with E-state index in [9.17, 15) is 19.4 Å². The number of anilines is 1. The van der Waals surface area contributed by atoms with Crippen molar-refractivity contribution >= 4 is 22.2 Å². The van der Waals surface area contributed by atoms with Crippen LogP contribution in [0.15, 0.2) is 47.8 Å². The van der Waals surface area contributed by atoms with E-state index in [1.165, 1.54) is 12.1 Å². The van der Waals surface area contributed by atoms with Crippen molar-refractivity contribution in [3.05, 3.63) is 70.6 Å². The number of pyridine rings is 1. The molecular formula is C18H15FN2O3S. The summed E-state index contributed by atoms with van der Waals surface area (Å²) in [7, 11) is 0. The van der Waals surface area contributed by atoms with Gasteiger partial charge in [0.2, 0.25) is 5.95 Å². The van der Waals surface area contributed by atoms with Gasteiger partial charge in [-0.15, -0.1) is 11.3 Å². The Kier molecular flexibility index (Phi) is 4.89. The zero-order chi connectivity index (χ0) is 18.0. The maximum atomic E-state index is 13.2. The molecule has 3 N–H and O–H groups in total. The molecule has 2 aromatic heterocycles. The number of carbonyl (C=O) groups excluding carboxylic acids is 1. The third kappa shape index (κ3) is 3.74. The number of nitrogens with one attached hydrogen (secondary N) is 1. The lowest BCUT2D eigenvalue weighted by Crippen LogP contribution is -2.15. The van der Waals surface area contributed by atoms with E-state index in [4.69, 9.17) is 0 Å². The Balaban J connectivity index is 1.94. The summed E-state index contributed by atoms with van der Waals surface area (Å²) in [6.07, 6.45) is -1.77. The lowest BCUT2D eigenvalue weighted by molar-refractivity contribution is -0.0411. The minimum Gasteiger partial charge on any atom is -0.364 e. The van der Waals surface area contributed by atoms with Crippen LogP contribution in [0.5, 0.6) is 0 Å². The SMILES string of the molecule is Cc1ccc(-c2csc(NC(=O)c3cccc(F)n3)c2C(O)O)cc1. The number of benzene rings is 1. The topological polar surface area (TPSA) is 82.5 Å². The van der Waals surface area contributed by atoms with Gasteiger partial charge in [-0.1, -0.05) is 35.9 Å². The Morgan fingerprint density at radius 3 is 2.56 bits per heavy atom. The third-order valence-corrected chi connectivity index (χ3v) is 4.54. The van der Waals surface area contributed by atoms with Gasteiger partial charge < -0.3 is 15.5 Å². The van der Waals surface area contributed by atoms with Crippen molar-refractivity contribution in [3.8, 4) is 11.1 Å². The highest BCUT2D eigenvalue weighted by atomic mass is 32.1. The molecule has 25 heavy (non-hydrogen) atoms. The summed E-state index contributed by atoms with van der Waals surface area (Å²) in [5.41, 5.74) is 2.59. The van der Waals surface area contributed by atoms with Crippen LogP contribution in [-0.4, -0.2) is 21.1 Å². The number of aryl methyl sites for hydroxylation is 1. The summed E-state index contributed by atoms with van der Waals surface area (Å²) in [5, 5.41) is 24.1. The second kappa shape index (κ2) is 7.10. The lowest BCUT2D eigenvalue weighted by atomic mass is 10.0. The van der Waals surface area contributed by atoms with Gasteiger partial charge in [-0.2, -0.15) is 4.39 Å². The number of thiophene rings is 1. The first kappa shape index (κ1) is 17.2. The Bertz CT molecular complexity index is 907. The molecule has 0 spiro atoms. The summed E-state index contributed by atoms with van der Waals surface area (Å²) in [4.78, 5) is 15.8. The summed E-state index contributed by atoms with van der Waals surface area (Å²) in [6, 6.07) is 11.4. The summed E-state index contributed by atoms with van der Waals surface area (Å²) in [5.74, 6) is -1.39. The fraction of sp³-hybridized carbons (Fsp3) is 0.111. The van der Waals surface area contributed by atoms with Gasteiger partial charge in [0.15, 0.2) is 6.29 Å². The molecule has 5 nitrogen and oxygen atoms in total. The molecule has 0 radical (unpaired) electrons. The highest BCUT2D eigenvalue weighted by Gasteiger charge is 2.21.